The Kier molecular flexibility index (Phi) is 4.53. The lowest BCUT2D eigenvalue weighted by molar-refractivity contribution is -0.141. The fourth-order valence-corrected chi connectivity index (χ4v) is 2.79. The van der Waals surface area contributed by atoms with Crippen molar-refractivity contribution in [2.75, 3.05) is 12.4 Å². The van der Waals surface area contributed by atoms with E-state index in [2.05, 4.69) is 5.32 Å². The second-order valence-corrected chi connectivity index (χ2v) is 6.31. The highest BCUT2D eigenvalue weighted by molar-refractivity contribution is 6.13. The predicted octanol–water partition coefficient (Wildman–Crippen LogP) is 3.34. The van der Waals surface area contributed by atoms with Crippen LogP contribution < -0.4 is 5.32 Å². The zero-order valence-electron chi connectivity index (χ0n) is 13.8. The van der Waals surface area contributed by atoms with Crippen molar-refractivity contribution in [2.24, 2.45) is 5.41 Å². The van der Waals surface area contributed by atoms with Gasteiger partial charge in [-0.1, -0.05) is 30.3 Å². The summed E-state index contributed by atoms with van der Waals surface area (Å²) in [6.07, 6.45) is 0.833. The molecule has 2 aromatic carbocycles. The van der Waals surface area contributed by atoms with E-state index in [0.29, 0.717) is 25.5 Å². The van der Waals surface area contributed by atoms with Gasteiger partial charge in [0.15, 0.2) is 0 Å². The Labute approximate surface area is 144 Å². The summed E-state index contributed by atoms with van der Waals surface area (Å²) in [6.45, 7) is 0.389. The minimum absolute atomic E-state index is 0.129. The van der Waals surface area contributed by atoms with Gasteiger partial charge in [-0.2, -0.15) is 0 Å². The molecule has 25 heavy (non-hydrogen) atoms. The number of benzene rings is 2. The second kappa shape index (κ2) is 6.63. The Morgan fingerprint density at radius 1 is 1.12 bits per heavy atom. The summed E-state index contributed by atoms with van der Waals surface area (Å²) in [4.78, 5) is 26.7. The van der Waals surface area contributed by atoms with E-state index in [1.807, 2.05) is 30.3 Å². The highest BCUT2D eigenvalue weighted by Gasteiger charge is 2.57. The van der Waals surface area contributed by atoms with Gasteiger partial charge in [-0.05, 0) is 30.5 Å². The van der Waals surface area contributed by atoms with Crippen LogP contribution in [0.2, 0.25) is 0 Å². The molecule has 0 saturated heterocycles. The van der Waals surface area contributed by atoms with Crippen LogP contribution in [-0.4, -0.2) is 23.8 Å². The highest BCUT2D eigenvalue weighted by Crippen LogP contribution is 2.48. The molecule has 0 radical (unpaired) electrons. The molecule has 0 heterocycles. The molecule has 0 aliphatic heterocycles. The fraction of sp³-hybridized carbons (Fsp3) is 0.263. The molecule has 3 rings (SSSR count). The van der Waals surface area contributed by atoms with Gasteiger partial charge in [0.25, 0.3) is 0 Å². The zero-order valence-corrected chi connectivity index (χ0v) is 13.8. The van der Waals surface area contributed by atoms with Crippen LogP contribution in [0, 0.1) is 17.0 Å². The molecule has 0 bridgehead atoms. The quantitative estimate of drug-likeness (QED) is 0.846. The largest absolute Gasteiger partial charge is 0.340 e. The Balaban J connectivity index is 1.70. The lowest BCUT2D eigenvalue weighted by Crippen LogP contribution is -2.40. The maximum atomic E-state index is 13.7. The molecule has 2 aromatic rings. The van der Waals surface area contributed by atoms with Crippen molar-refractivity contribution in [2.45, 2.75) is 19.4 Å². The Bertz CT molecular complexity index is 804. The number of hydrogen-bond donors (Lipinski definition) is 1. The SMILES string of the molecule is CN(Cc1ccccc1)C(=O)C1(C(=O)Nc2ccc(F)cc2F)CC1. The fourth-order valence-electron chi connectivity index (χ4n) is 2.79. The van der Waals surface area contributed by atoms with E-state index in [4.69, 9.17) is 0 Å². The van der Waals surface area contributed by atoms with E-state index in [0.717, 1.165) is 17.7 Å². The Hall–Kier alpha value is -2.76. The second-order valence-electron chi connectivity index (χ2n) is 6.31. The van der Waals surface area contributed by atoms with Gasteiger partial charge in [0.1, 0.15) is 17.0 Å². The smallest absolute Gasteiger partial charge is 0.240 e. The van der Waals surface area contributed by atoms with Crippen molar-refractivity contribution in [1.82, 2.24) is 4.90 Å². The lowest BCUT2D eigenvalue weighted by Gasteiger charge is -2.23. The van der Waals surface area contributed by atoms with E-state index in [1.165, 1.54) is 4.90 Å². The molecular weight excluding hydrogens is 326 g/mol. The predicted molar refractivity (Wildman–Crippen MR) is 89.6 cm³/mol. The number of nitrogens with zero attached hydrogens (tertiary/aromatic N) is 1. The Morgan fingerprint density at radius 2 is 1.80 bits per heavy atom. The van der Waals surface area contributed by atoms with Crippen molar-refractivity contribution >= 4 is 17.5 Å². The maximum absolute atomic E-state index is 13.7. The molecule has 1 aliphatic rings. The number of hydrogen-bond acceptors (Lipinski definition) is 2. The summed E-state index contributed by atoms with van der Waals surface area (Å²) in [5.74, 6) is -2.44. The van der Waals surface area contributed by atoms with Gasteiger partial charge in [-0.3, -0.25) is 9.59 Å². The van der Waals surface area contributed by atoms with Crippen LogP contribution in [-0.2, 0) is 16.1 Å². The number of anilines is 1. The molecular formula is C19H18F2N2O2. The first kappa shape index (κ1) is 17.1. The molecule has 0 aromatic heterocycles. The molecule has 4 nitrogen and oxygen atoms in total. The van der Waals surface area contributed by atoms with Gasteiger partial charge in [-0.25, -0.2) is 8.78 Å². The van der Waals surface area contributed by atoms with E-state index in [-0.39, 0.29) is 11.6 Å². The average Bonchev–Trinajstić information content (AvgIpc) is 3.39. The monoisotopic (exact) mass is 344 g/mol. The number of nitrogens with one attached hydrogen (secondary N) is 1. The highest BCUT2D eigenvalue weighted by atomic mass is 19.1. The van der Waals surface area contributed by atoms with Crippen molar-refractivity contribution < 1.29 is 18.4 Å². The van der Waals surface area contributed by atoms with Crippen LogP contribution >= 0.6 is 0 Å². The van der Waals surface area contributed by atoms with Crippen molar-refractivity contribution in [1.29, 1.82) is 0 Å². The van der Waals surface area contributed by atoms with Gasteiger partial charge in [-0.15, -0.1) is 0 Å². The summed E-state index contributed by atoms with van der Waals surface area (Å²) >= 11 is 0. The lowest BCUT2D eigenvalue weighted by atomic mass is 10.0. The number of halogens is 2. The number of rotatable bonds is 5. The first-order chi connectivity index (χ1) is 11.9. The molecule has 0 atom stereocenters. The van der Waals surface area contributed by atoms with E-state index >= 15 is 0 Å². The van der Waals surface area contributed by atoms with Crippen LogP contribution in [0.1, 0.15) is 18.4 Å². The van der Waals surface area contributed by atoms with Crippen LogP contribution in [0.3, 0.4) is 0 Å². The molecule has 1 aliphatic carbocycles. The maximum Gasteiger partial charge on any atom is 0.240 e. The number of amides is 2. The third kappa shape index (κ3) is 3.52. The summed E-state index contributed by atoms with van der Waals surface area (Å²) < 4.78 is 26.7. The molecule has 130 valence electrons. The Morgan fingerprint density at radius 3 is 2.40 bits per heavy atom. The molecule has 1 fully saturated rings. The molecule has 6 heteroatoms. The first-order valence-electron chi connectivity index (χ1n) is 7.98. The molecule has 2 amide bonds. The van der Waals surface area contributed by atoms with Crippen LogP contribution in [0.15, 0.2) is 48.5 Å². The average molecular weight is 344 g/mol. The number of carbonyl (C=O) groups is 2. The zero-order chi connectivity index (χ0) is 18.0. The van der Waals surface area contributed by atoms with Crippen molar-refractivity contribution in [3.05, 3.63) is 65.7 Å². The van der Waals surface area contributed by atoms with Gasteiger partial charge in [0.2, 0.25) is 11.8 Å². The summed E-state index contributed by atoms with van der Waals surface area (Å²) in [5.41, 5.74) is -0.333. The third-order valence-corrected chi connectivity index (χ3v) is 4.38. The van der Waals surface area contributed by atoms with Crippen LogP contribution in [0.5, 0.6) is 0 Å². The topological polar surface area (TPSA) is 49.4 Å². The van der Waals surface area contributed by atoms with E-state index in [9.17, 15) is 18.4 Å². The summed E-state index contributed by atoms with van der Waals surface area (Å²) in [6, 6.07) is 12.3. The minimum atomic E-state index is -1.16. The number of carbonyl (C=O) groups excluding carboxylic acids is 2. The van der Waals surface area contributed by atoms with E-state index in [1.54, 1.807) is 7.05 Å². The standard InChI is InChI=1S/C19H18F2N2O2/c1-23(12-13-5-3-2-4-6-13)18(25)19(9-10-19)17(24)22-16-8-7-14(20)11-15(16)21/h2-8,11H,9-10,12H2,1H3,(H,22,24). The van der Waals surface area contributed by atoms with Gasteiger partial charge in [0.05, 0.1) is 5.69 Å². The van der Waals surface area contributed by atoms with Crippen molar-refractivity contribution in [3.63, 3.8) is 0 Å². The summed E-state index contributed by atoms with van der Waals surface area (Å²) in [7, 11) is 1.64. The minimum Gasteiger partial charge on any atom is -0.340 e. The normalized spacial score (nSPS) is 14.7. The van der Waals surface area contributed by atoms with Gasteiger partial charge >= 0.3 is 0 Å². The molecule has 0 unspecified atom stereocenters. The molecule has 1 saturated carbocycles. The van der Waals surface area contributed by atoms with Crippen LogP contribution in [0.25, 0.3) is 0 Å². The van der Waals surface area contributed by atoms with Gasteiger partial charge < -0.3 is 10.2 Å². The molecule has 0 spiro atoms. The van der Waals surface area contributed by atoms with Crippen LogP contribution in [0.4, 0.5) is 14.5 Å². The van der Waals surface area contributed by atoms with Gasteiger partial charge in [0, 0.05) is 19.7 Å². The van der Waals surface area contributed by atoms with E-state index < -0.39 is 23.0 Å². The van der Waals surface area contributed by atoms with Crippen molar-refractivity contribution in [3.8, 4) is 0 Å². The summed E-state index contributed by atoms with van der Waals surface area (Å²) in [5, 5.41) is 2.41. The third-order valence-electron chi connectivity index (χ3n) is 4.38. The first-order valence-corrected chi connectivity index (χ1v) is 7.98. The molecule has 1 N–H and O–H groups in total.